The molecule has 1 aliphatic heterocycles. The molecule has 0 aliphatic carbocycles. The number of hydrogen-bond donors (Lipinski definition) is 4. The summed E-state index contributed by atoms with van der Waals surface area (Å²) < 4.78 is 0. The highest BCUT2D eigenvalue weighted by Gasteiger charge is 2.18. The van der Waals surface area contributed by atoms with E-state index >= 15 is 0 Å². The first-order valence-electron chi connectivity index (χ1n) is 8.50. The molecule has 0 saturated carbocycles. The Bertz CT molecular complexity index is 812. The first-order chi connectivity index (χ1) is 12.6. The van der Waals surface area contributed by atoms with Crippen molar-refractivity contribution in [1.29, 1.82) is 0 Å². The highest BCUT2D eigenvalue weighted by molar-refractivity contribution is 6.01. The van der Waals surface area contributed by atoms with Crippen LogP contribution in [0.25, 0.3) is 10.8 Å². The zero-order valence-corrected chi connectivity index (χ0v) is 14.2. The predicted octanol–water partition coefficient (Wildman–Crippen LogP) is 1.80. The number of carbonyl (C=O) groups excluding carboxylic acids is 3. The fourth-order valence-corrected chi connectivity index (χ4v) is 2.85. The van der Waals surface area contributed by atoms with E-state index in [1.807, 2.05) is 36.4 Å². The summed E-state index contributed by atoms with van der Waals surface area (Å²) in [7, 11) is 0. The van der Waals surface area contributed by atoms with Gasteiger partial charge in [-0.25, -0.2) is 15.0 Å². The SMILES string of the molecule is O=C(CNC(=O)N1CCCC1)NNC(=O)Nc1cccc2ccccc12. The number of amides is 5. The molecule has 136 valence electrons. The second kappa shape index (κ2) is 8.19. The molecule has 2 aromatic rings. The molecule has 2 aromatic carbocycles. The van der Waals surface area contributed by atoms with E-state index in [9.17, 15) is 14.4 Å². The van der Waals surface area contributed by atoms with E-state index in [0.717, 1.165) is 23.6 Å². The van der Waals surface area contributed by atoms with Gasteiger partial charge in [-0.15, -0.1) is 0 Å². The molecule has 26 heavy (non-hydrogen) atoms. The van der Waals surface area contributed by atoms with E-state index < -0.39 is 11.9 Å². The Labute approximate surface area is 150 Å². The molecule has 3 rings (SSSR count). The monoisotopic (exact) mass is 355 g/mol. The van der Waals surface area contributed by atoms with Gasteiger partial charge in [0, 0.05) is 18.5 Å². The summed E-state index contributed by atoms with van der Waals surface area (Å²) in [6.07, 6.45) is 1.96. The smallest absolute Gasteiger partial charge is 0.329 e. The maximum absolute atomic E-state index is 12.0. The molecular weight excluding hydrogens is 334 g/mol. The molecule has 0 spiro atoms. The maximum atomic E-state index is 12.0. The summed E-state index contributed by atoms with van der Waals surface area (Å²) >= 11 is 0. The van der Waals surface area contributed by atoms with Crippen LogP contribution >= 0.6 is 0 Å². The van der Waals surface area contributed by atoms with Crippen LogP contribution < -0.4 is 21.5 Å². The molecule has 0 aromatic heterocycles. The van der Waals surface area contributed by atoms with Gasteiger partial charge in [0.25, 0.3) is 5.91 Å². The van der Waals surface area contributed by atoms with Crippen LogP contribution in [0.2, 0.25) is 0 Å². The zero-order valence-electron chi connectivity index (χ0n) is 14.2. The summed E-state index contributed by atoms with van der Waals surface area (Å²) in [5.41, 5.74) is 5.17. The van der Waals surface area contributed by atoms with Gasteiger partial charge >= 0.3 is 12.1 Å². The molecule has 5 amide bonds. The number of hydrogen-bond acceptors (Lipinski definition) is 3. The molecule has 1 fully saturated rings. The molecule has 8 heteroatoms. The van der Waals surface area contributed by atoms with Crippen LogP contribution in [0.3, 0.4) is 0 Å². The van der Waals surface area contributed by atoms with Crippen molar-refractivity contribution >= 4 is 34.4 Å². The standard InChI is InChI=1S/C18H21N5O3/c24-16(12-19-18(26)23-10-3-4-11-23)21-22-17(25)20-15-9-5-7-13-6-1-2-8-14(13)15/h1-2,5-9H,3-4,10-12H2,(H,19,26)(H,21,24)(H2,20,22,25). The maximum Gasteiger partial charge on any atom is 0.337 e. The van der Waals surface area contributed by atoms with Gasteiger partial charge in [-0.1, -0.05) is 36.4 Å². The number of nitrogens with one attached hydrogen (secondary N) is 4. The number of carbonyl (C=O) groups is 3. The minimum Gasteiger partial charge on any atom is -0.329 e. The highest BCUT2D eigenvalue weighted by atomic mass is 16.2. The lowest BCUT2D eigenvalue weighted by atomic mass is 10.1. The topological polar surface area (TPSA) is 103 Å². The molecule has 4 N–H and O–H groups in total. The molecule has 1 heterocycles. The van der Waals surface area contributed by atoms with Crippen LogP contribution in [0.4, 0.5) is 15.3 Å². The first-order valence-corrected chi connectivity index (χ1v) is 8.50. The minimum atomic E-state index is -0.569. The van der Waals surface area contributed by atoms with E-state index in [0.29, 0.717) is 18.8 Å². The molecule has 1 aliphatic rings. The molecule has 0 unspecified atom stereocenters. The fourth-order valence-electron chi connectivity index (χ4n) is 2.85. The molecule has 1 saturated heterocycles. The third-order valence-corrected chi connectivity index (χ3v) is 4.15. The lowest BCUT2D eigenvalue weighted by Gasteiger charge is -2.16. The molecule has 0 radical (unpaired) electrons. The molecule has 0 atom stereocenters. The van der Waals surface area contributed by atoms with Crippen LogP contribution in [0.15, 0.2) is 42.5 Å². The van der Waals surface area contributed by atoms with Crippen molar-refractivity contribution in [3.63, 3.8) is 0 Å². The molecule has 0 bridgehead atoms. The Morgan fingerprint density at radius 2 is 1.65 bits per heavy atom. The van der Waals surface area contributed by atoms with E-state index in [-0.39, 0.29) is 12.6 Å². The van der Waals surface area contributed by atoms with Crippen molar-refractivity contribution in [1.82, 2.24) is 21.1 Å². The van der Waals surface area contributed by atoms with Crippen molar-refractivity contribution in [3.05, 3.63) is 42.5 Å². The normalized spacial score (nSPS) is 13.3. The number of fused-ring (bicyclic) bond motifs is 1. The van der Waals surface area contributed by atoms with Crippen LogP contribution in [0.5, 0.6) is 0 Å². The van der Waals surface area contributed by atoms with Crippen LogP contribution in [0, 0.1) is 0 Å². The van der Waals surface area contributed by atoms with Gasteiger partial charge in [0.2, 0.25) is 0 Å². The van der Waals surface area contributed by atoms with Crippen molar-refractivity contribution in [2.24, 2.45) is 0 Å². The quantitative estimate of drug-likeness (QED) is 0.631. The fraction of sp³-hybridized carbons (Fsp3) is 0.278. The van der Waals surface area contributed by atoms with E-state index in [1.165, 1.54) is 0 Å². The predicted molar refractivity (Wildman–Crippen MR) is 98.5 cm³/mol. The average Bonchev–Trinajstić information content (AvgIpc) is 3.19. The van der Waals surface area contributed by atoms with Crippen LogP contribution in [-0.2, 0) is 4.79 Å². The summed E-state index contributed by atoms with van der Waals surface area (Å²) in [6, 6.07) is 12.4. The number of nitrogens with zero attached hydrogens (tertiary/aromatic N) is 1. The Morgan fingerprint density at radius 1 is 0.923 bits per heavy atom. The van der Waals surface area contributed by atoms with E-state index in [1.54, 1.807) is 11.0 Å². The Kier molecular flexibility index (Phi) is 5.52. The van der Waals surface area contributed by atoms with Gasteiger partial charge in [0.15, 0.2) is 0 Å². The van der Waals surface area contributed by atoms with Gasteiger partial charge in [0.1, 0.15) is 6.54 Å². The van der Waals surface area contributed by atoms with E-state index in [2.05, 4.69) is 21.5 Å². The highest BCUT2D eigenvalue weighted by Crippen LogP contribution is 2.22. The number of benzene rings is 2. The Hall–Kier alpha value is -3.29. The number of hydrazine groups is 1. The zero-order chi connectivity index (χ0) is 18.4. The van der Waals surface area contributed by atoms with Crippen molar-refractivity contribution in [3.8, 4) is 0 Å². The van der Waals surface area contributed by atoms with Gasteiger partial charge in [-0.2, -0.15) is 0 Å². The number of rotatable bonds is 3. The van der Waals surface area contributed by atoms with Gasteiger partial charge in [-0.05, 0) is 24.3 Å². The largest absolute Gasteiger partial charge is 0.337 e. The third kappa shape index (κ3) is 4.41. The summed E-state index contributed by atoms with van der Waals surface area (Å²) in [5.74, 6) is -0.509. The lowest BCUT2D eigenvalue weighted by Crippen LogP contribution is -2.49. The van der Waals surface area contributed by atoms with Crippen LogP contribution in [0.1, 0.15) is 12.8 Å². The summed E-state index contributed by atoms with van der Waals surface area (Å²) in [4.78, 5) is 37.2. The van der Waals surface area contributed by atoms with Crippen molar-refractivity contribution < 1.29 is 14.4 Å². The van der Waals surface area contributed by atoms with Crippen molar-refractivity contribution in [2.75, 3.05) is 25.0 Å². The van der Waals surface area contributed by atoms with Crippen molar-refractivity contribution in [2.45, 2.75) is 12.8 Å². The second-order valence-corrected chi connectivity index (χ2v) is 6.01. The summed E-state index contributed by atoms with van der Waals surface area (Å²) in [6.45, 7) is 1.21. The van der Waals surface area contributed by atoms with Gasteiger partial charge in [-0.3, -0.25) is 10.2 Å². The molecule has 8 nitrogen and oxygen atoms in total. The number of anilines is 1. The van der Waals surface area contributed by atoms with Gasteiger partial charge in [0.05, 0.1) is 5.69 Å². The number of urea groups is 2. The second-order valence-electron chi connectivity index (χ2n) is 6.01. The first kappa shape index (κ1) is 17.5. The van der Waals surface area contributed by atoms with E-state index in [4.69, 9.17) is 0 Å². The van der Waals surface area contributed by atoms with Gasteiger partial charge < -0.3 is 15.5 Å². The molecular formula is C18H21N5O3. The van der Waals surface area contributed by atoms with Crippen LogP contribution in [-0.4, -0.2) is 42.5 Å². The average molecular weight is 355 g/mol. The number of likely N-dealkylation sites (tertiary alicyclic amines) is 1. The summed E-state index contributed by atoms with van der Waals surface area (Å²) in [5, 5.41) is 7.11. The lowest BCUT2D eigenvalue weighted by molar-refractivity contribution is -0.120. The third-order valence-electron chi connectivity index (χ3n) is 4.15. The Balaban J connectivity index is 1.44. The minimum absolute atomic E-state index is 0.204. The Morgan fingerprint density at radius 3 is 2.46 bits per heavy atom.